The predicted molar refractivity (Wildman–Crippen MR) is 147 cm³/mol. The molecule has 0 spiro atoms. The van der Waals surface area contributed by atoms with Crippen molar-refractivity contribution in [3.63, 3.8) is 0 Å². The third kappa shape index (κ3) is 25.2. The Kier molecular flexibility index (Phi) is 22.9. The minimum absolute atomic E-state index is 0.0443. The summed E-state index contributed by atoms with van der Waals surface area (Å²) in [5, 5.41) is 0. The first-order valence-corrected chi connectivity index (χ1v) is 14.1. The fraction of sp³-hybridized carbons (Fsp3) is 0.774. The Morgan fingerprint density at radius 1 is 0.576 bits per heavy atom. The number of hydrogen-bond acceptors (Lipinski definition) is 2. The van der Waals surface area contributed by atoms with Crippen LogP contribution in [0.2, 0.25) is 0 Å². The maximum Gasteiger partial charge on any atom is 0.306 e. The molecule has 0 rings (SSSR count). The van der Waals surface area contributed by atoms with Crippen molar-refractivity contribution in [2.75, 3.05) is 6.61 Å². The van der Waals surface area contributed by atoms with Crippen LogP contribution in [0.1, 0.15) is 150 Å². The lowest BCUT2D eigenvalue weighted by Gasteiger charge is -2.05. The van der Waals surface area contributed by atoms with E-state index in [1.165, 1.54) is 87.3 Å². The predicted octanol–water partition coefficient (Wildman–Crippen LogP) is 10.4. The van der Waals surface area contributed by atoms with Gasteiger partial charge >= 0.3 is 5.97 Å². The normalized spacial score (nSPS) is 12.2. The van der Waals surface area contributed by atoms with Crippen LogP contribution in [0.3, 0.4) is 0 Å². The summed E-state index contributed by atoms with van der Waals surface area (Å²) in [6.45, 7) is 11.4. The van der Waals surface area contributed by atoms with Gasteiger partial charge in [-0.1, -0.05) is 113 Å². The van der Waals surface area contributed by atoms with E-state index in [0.717, 1.165) is 38.5 Å². The van der Waals surface area contributed by atoms with Crippen LogP contribution in [-0.2, 0) is 9.53 Å². The zero-order valence-corrected chi connectivity index (χ0v) is 23.0. The van der Waals surface area contributed by atoms with Crippen molar-refractivity contribution >= 4 is 5.97 Å². The number of hydrogen-bond donors (Lipinski definition) is 0. The van der Waals surface area contributed by atoms with E-state index in [1.54, 1.807) is 0 Å². The minimum atomic E-state index is -0.0443. The Bertz CT molecular complexity index is 549. The van der Waals surface area contributed by atoms with Gasteiger partial charge in [0.05, 0.1) is 0 Å². The van der Waals surface area contributed by atoms with Crippen molar-refractivity contribution in [2.24, 2.45) is 0 Å². The van der Waals surface area contributed by atoms with Crippen molar-refractivity contribution < 1.29 is 9.53 Å². The molecule has 0 heterocycles. The molecule has 0 amide bonds. The van der Waals surface area contributed by atoms with Crippen LogP contribution in [0, 0.1) is 0 Å². The molecule has 0 aromatic carbocycles. The van der Waals surface area contributed by atoms with Gasteiger partial charge in [0.2, 0.25) is 0 Å². The summed E-state index contributed by atoms with van der Waals surface area (Å²) in [7, 11) is 0. The summed E-state index contributed by atoms with van der Waals surface area (Å²) in [6, 6.07) is 0. The first kappa shape index (κ1) is 31.7. The van der Waals surface area contributed by atoms with Gasteiger partial charge in [0, 0.05) is 6.42 Å². The molecule has 0 saturated carbocycles. The fourth-order valence-electron chi connectivity index (χ4n) is 3.98. The number of carbonyl (C=O) groups is 1. The summed E-state index contributed by atoms with van der Waals surface area (Å²) >= 11 is 0. The van der Waals surface area contributed by atoms with Gasteiger partial charge in [-0.15, -0.1) is 0 Å². The molecule has 0 aromatic heterocycles. The van der Waals surface area contributed by atoms with Crippen molar-refractivity contribution in [2.45, 2.75) is 150 Å². The van der Waals surface area contributed by atoms with Gasteiger partial charge in [-0.3, -0.25) is 4.79 Å². The maximum absolute atomic E-state index is 11.9. The van der Waals surface area contributed by atoms with Gasteiger partial charge in [-0.25, -0.2) is 0 Å². The van der Waals surface area contributed by atoms with E-state index in [9.17, 15) is 4.79 Å². The molecule has 0 radical (unpaired) electrons. The number of ether oxygens (including phenoxy) is 1. The van der Waals surface area contributed by atoms with Crippen LogP contribution in [0.15, 0.2) is 34.9 Å². The molecular formula is C31H56O2. The molecule has 0 aliphatic carbocycles. The largest absolute Gasteiger partial charge is 0.461 e. The fourth-order valence-corrected chi connectivity index (χ4v) is 3.98. The second kappa shape index (κ2) is 23.8. The van der Waals surface area contributed by atoms with E-state index in [-0.39, 0.29) is 5.97 Å². The Morgan fingerprint density at radius 3 is 1.55 bits per heavy atom. The second-order valence-electron chi connectivity index (χ2n) is 10.1. The average Bonchev–Trinajstić information content (AvgIpc) is 2.76. The molecule has 192 valence electrons. The maximum atomic E-state index is 11.9. The molecule has 0 bridgehead atoms. The summed E-state index contributed by atoms with van der Waals surface area (Å²) in [4.78, 5) is 11.9. The van der Waals surface area contributed by atoms with Crippen LogP contribution >= 0.6 is 0 Å². The van der Waals surface area contributed by atoms with Gasteiger partial charge in [0.25, 0.3) is 0 Å². The molecule has 33 heavy (non-hydrogen) atoms. The average molecular weight is 461 g/mol. The number of esters is 1. The Balaban J connectivity index is 3.56. The van der Waals surface area contributed by atoms with Gasteiger partial charge < -0.3 is 4.74 Å². The lowest BCUT2D eigenvalue weighted by Crippen LogP contribution is -2.04. The zero-order valence-electron chi connectivity index (χ0n) is 23.0. The summed E-state index contributed by atoms with van der Waals surface area (Å²) in [5.74, 6) is -0.0443. The highest BCUT2D eigenvalue weighted by atomic mass is 16.5. The van der Waals surface area contributed by atoms with Crippen LogP contribution < -0.4 is 0 Å². The molecule has 0 atom stereocenters. The molecule has 0 N–H and O–H groups in total. The topological polar surface area (TPSA) is 26.3 Å². The highest BCUT2D eigenvalue weighted by molar-refractivity contribution is 5.69. The second-order valence-corrected chi connectivity index (χ2v) is 10.1. The van der Waals surface area contributed by atoms with Gasteiger partial charge in [-0.2, -0.15) is 0 Å². The molecule has 2 heteroatoms. The number of carbonyl (C=O) groups excluding carboxylic acids is 1. The van der Waals surface area contributed by atoms with Gasteiger partial charge in [-0.05, 0) is 65.9 Å². The third-order valence-electron chi connectivity index (χ3n) is 6.28. The van der Waals surface area contributed by atoms with Crippen LogP contribution in [0.5, 0.6) is 0 Å². The molecule has 2 nitrogen and oxygen atoms in total. The summed E-state index contributed by atoms with van der Waals surface area (Å²) in [6.07, 6.45) is 28.9. The minimum Gasteiger partial charge on any atom is -0.461 e. The van der Waals surface area contributed by atoms with Crippen LogP contribution in [0.4, 0.5) is 0 Å². The zero-order chi connectivity index (χ0) is 24.6. The molecule has 0 aromatic rings. The monoisotopic (exact) mass is 460 g/mol. The molecule has 0 aliphatic heterocycles. The third-order valence-corrected chi connectivity index (χ3v) is 6.28. The molecule has 0 fully saturated rings. The summed E-state index contributed by atoms with van der Waals surface area (Å²) < 4.78 is 5.39. The van der Waals surface area contributed by atoms with E-state index in [0.29, 0.717) is 13.0 Å². The lowest BCUT2D eigenvalue weighted by atomic mass is 10.0. The van der Waals surface area contributed by atoms with Crippen molar-refractivity contribution in [3.05, 3.63) is 34.9 Å². The van der Waals surface area contributed by atoms with E-state index in [4.69, 9.17) is 4.74 Å². The molecule has 0 saturated heterocycles. The SMILES string of the molecule is CCCCCCCCCCCCCCCC(=O)OC/C=C(\C)CC/C=C(\C)CCC=C(C)C. The van der Waals surface area contributed by atoms with Gasteiger partial charge in [0.1, 0.15) is 6.61 Å². The highest BCUT2D eigenvalue weighted by Crippen LogP contribution is 2.14. The van der Waals surface area contributed by atoms with Crippen molar-refractivity contribution in [1.82, 2.24) is 0 Å². The molecule has 0 aliphatic rings. The molecular weight excluding hydrogens is 404 g/mol. The standard InChI is InChI=1S/C31H56O2/c1-6-7-8-9-10-11-12-13-14-15-16-17-18-25-31(32)33-27-26-30(5)24-20-23-29(4)22-19-21-28(2)3/h21,23,26H,6-20,22,24-25,27H2,1-5H3/b29-23+,30-26+. The van der Waals surface area contributed by atoms with Crippen molar-refractivity contribution in [1.29, 1.82) is 0 Å². The highest BCUT2D eigenvalue weighted by Gasteiger charge is 2.02. The quantitative estimate of drug-likeness (QED) is 0.0912. The van der Waals surface area contributed by atoms with Crippen LogP contribution in [0.25, 0.3) is 0 Å². The number of allylic oxidation sites excluding steroid dienone is 5. The number of rotatable bonds is 22. The lowest BCUT2D eigenvalue weighted by molar-refractivity contribution is -0.142. The molecule has 0 unspecified atom stereocenters. The van der Waals surface area contributed by atoms with Gasteiger partial charge in [0.15, 0.2) is 0 Å². The van der Waals surface area contributed by atoms with E-state index in [1.807, 2.05) is 0 Å². The smallest absolute Gasteiger partial charge is 0.306 e. The summed E-state index contributed by atoms with van der Waals surface area (Å²) in [5.41, 5.74) is 4.16. The van der Waals surface area contributed by atoms with E-state index >= 15 is 0 Å². The Labute approximate surface area is 207 Å². The first-order chi connectivity index (χ1) is 16.0. The van der Waals surface area contributed by atoms with Crippen LogP contribution in [-0.4, -0.2) is 12.6 Å². The van der Waals surface area contributed by atoms with E-state index in [2.05, 4.69) is 52.8 Å². The number of unbranched alkanes of at least 4 members (excludes halogenated alkanes) is 12. The Hall–Kier alpha value is -1.31. The van der Waals surface area contributed by atoms with E-state index < -0.39 is 0 Å². The first-order valence-electron chi connectivity index (χ1n) is 14.1. The Morgan fingerprint density at radius 2 is 1.03 bits per heavy atom. The van der Waals surface area contributed by atoms with Crippen molar-refractivity contribution in [3.8, 4) is 0 Å².